The molecule has 0 aliphatic heterocycles. The van der Waals surface area contributed by atoms with Gasteiger partial charge in [0.1, 0.15) is 0 Å². The Bertz CT molecular complexity index is 789. The molecule has 0 saturated heterocycles. The second kappa shape index (κ2) is 6.68. The summed E-state index contributed by atoms with van der Waals surface area (Å²) >= 11 is 6.97. The van der Waals surface area contributed by atoms with Gasteiger partial charge in [-0.25, -0.2) is 0 Å². The largest absolute Gasteiger partial charge is 0.331 e. The Morgan fingerprint density at radius 3 is 2.55 bits per heavy atom. The van der Waals surface area contributed by atoms with Gasteiger partial charge < -0.3 is 5.32 Å². The van der Waals surface area contributed by atoms with Crippen molar-refractivity contribution < 1.29 is 0 Å². The first-order chi connectivity index (χ1) is 10.7. The number of thiophene rings is 1. The molecule has 0 amide bonds. The Labute approximate surface area is 138 Å². The first-order valence-electron chi connectivity index (χ1n) is 6.87. The molecule has 2 N–H and O–H groups in total. The number of rotatable bonds is 3. The number of hydrogen-bond acceptors (Lipinski definition) is 3. The fraction of sp³-hybridized carbons (Fsp3) is 0.0588. The monoisotopic (exact) mass is 325 g/mol. The van der Waals surface area contributed by atoms with Crippen LogP contribution in [0.15, 0.2) is 65.8 Å². The van der Waals surface area contributed by atoms with Crippen molar-refractivity contribution >= 4 is 50.2 Å². The zero-order chi connectivity index (χ0) is 15.4. The number of thiocarbonyl (C=S) groups is 1. The summed E-state index contributed by atoms with van der Waals surface area (Å²) in [5.74, 6) is 0. The summed E-state index contributed by atoms with van der Waals surface area (Å²) in [6, 6.07) is 20.2. The van der Waals surface area contributed by atoms with Crippen LogP contribution in [0.1, 0.15) is 11.8 Å². The Kier molecular flexibility index (Phi) is 4.46. The molecule has 110 valence electrons. The van der Waals surface area contributed by atoms with Gasteiger partial charge in [0, 0.05) is 10.4 Å². The Morgan fingerprint density at radius 1 is 1.05 bits per heavy atom. The molecule has 3 nitrogen and oxygen atoms in total. The van der Waals surface area contributed by atoms with Crippen LogP contribution in [-0.4, -0.2) is 10.8 Å². The van der Waals surface area contributed by atoms with Crippen LogP contribution in [0, 0.1) is 0 Å². The number of para-hydroxylation sites is 1. The number of nitrogens with zero attached hydrogens (tertiary/aromatic N) is 1. The van der Waals surface area contributed by atoms with Crippen LogP contribution in [0.5, 0.6) is 0 Å². The Balaban J connectivity index is 1.68. The predicted molar refractivity (Wildman–Crippen MR) is 99.8 cm³/mol. The minimum Gasteiger partial charge on any atom is -0.331 e. The summed E-state index contributed by atoms with van der Waals surface area (Å²) in [4.78, 5) is 1.14. The molecular weight excluding hydrogens is 310 g/mol. The van der Waals surface area contributed by atoms with E-state index in [-0.39, 0.29) is 0 Å². The topological polar surface area (TPSA) is 36.4 Å². The Morgan fingerprint density at radius 2 is 1.77 bits per heavy atom. The number of anilines is 1. The van der Waals surface area contributed by atoms with Crippen molar-refractivity contribution in [1.82, 2.24) is 5.43 Å². The molecule has 2 aromatic carbocycles. The average molecular weight is 325 g/mol. The summed E-state index contributed by atoms with van der Waals surface area (Å²) < 4.78 is 1.26. The highest BCUT2D eigenvalue weighted by molar-refractivity contribution is 7.80. The molecule has 3 rings (SSSR count). The van der Waals surface area contributed by atoms with E-state index in [2.05, 4.69) is 34.0 Å². The highest BCUT2D eigenvalue weighted by Crippen LogP contribution is 2.25. The van der Waals surface area contributed by atoms with Crippen LogP contribution in [0.4, 0.5) is 5.69 Å². The molecule has 0 fully saturated rings. The van der Waals surface area contributed by atoms with E-state index in [1.807, 2.05) is 49.4 Å². The molecule has 5 heteroatoms. The molecule has 0 bridgehead atoms. The van der Waals surface area contributed by atoms with Crippen molar-refractivity contribution in [3.8, 4) is 0 Å². The summed E-state index contributed by atoms with van der Waals surface area (Å²) in [6.45, 7) is 1.98. The smallest absolute Gasteiger partial charge is 0.191 e. The average Bonchev–Trinajstić information content (AvgIpc) is 2.98. The van der Waals surface area contributed by atoms with Crippen molar-refractivity contribution in [1.29, 1.82) is 0 Å². The lowest BCUT2D eigenvalue weighted by Crippen LogP contribution is -2.24. The van der Waals surface area contributed by atoms with Gasteiger partial charge in [0.05, 0.1) is 10.6 Å². The van der Waals surface area contributed by atoms with Gasteiger partial charge in [0.15, 0.2) is 5.11 Å². The lowest BCUT2D eigenvalue weighted by molar-refractivity contribution is 1.04. The second-order valence-corrected chi connectivity index (χ2v) is 6.27. The molecule has 1 heterocycles. The van der Waals surface area contributed by atoms with Crippen LogP contribution >= 0.6 is 23.6 Å². The number of hydrogen-bond donors (Lipinski definition) is 2. The number of fused-ring (bicyclic) bond motifs is 1. The van der Waals surface area contributed by atoms with Crippen LogP contribution in [0.3, 0.4) is 0 Å². The maximum absolute atomic E-state index is 5.24. The van der Waals surface area contributed by atoms with Crippen molar-refractivity contribution in [3.05, 3.63) is 65.5 Å². The van der Waals surface area contributed by atoms with Crippen molar-refractivity contribution in [2.75, 3.05) is 5.32 Å². The number of nitrogens with one attached hydrogen (secondary N) is 2. The van der Waals surface area contributed by atoms with Crippen LogP contribution in [-0.2, 0) is 0 Å². The standard InChI is InChI=1S/C17H15N3S2/c1-12(16-11-13-7-5-6-10-15(13)22-16)19-20-17(21)18-14-8-3-2-4-9-14/h2-11H,1H3,(H2,18,20,21)/b19-12+. The van der Waals surface area contributed by atoms with Gasteiger partial charge in [-0.15, -0.1) is 11.3 Å². The van der Waals surface area contributed by atoms with Gasteiger partial charge in [-0.3, -0.25) is 5.43 Å². The predicted octanol–water partition coefficient (Wildman–Crippen LogP) is 4.61. The summed E-state index contributed by atoms with van der Waals surface area (Å²) in [5, 5.41) is 9.17. The van der Waals surface area contributed by atoms with Gasteiger partial charge in [-0.1, -0.05) is 36.4 Å². The van der Waals surface area contributed by atoms with Gasteiger partial charge >= 0.3 is 0 Å². The number of hydrazone groups is 1. The first kappa shape index (κ1) is 14.7. The minimum atomic E-state index is 0.478. The Hall–Kier alpha value is -2.24. The fourth-order valence-electron chi connectivity index (χ4n) is 2.03. The molecule has 22 heavy (non-hydrogen) atoms. The second-order valence-electron chi connectivity index (χ2n) is 4.78. The normalized spacial score (nSPS) is 11.4. The zero-order valence-electron chi connectivity index (χ0n) is 12.0. The van der Waals surface area contributed by atoms with Gasteiger partial charge in [-0.2, -0.15) is 5.10 Å². The molecule has 0 saturated carbocycles. The third-order valence-corrected chi connectivity index (χ3v) is 4.56. The van der Waals surface area contributed by atoms with E-state index in [1.165, 1.54) is 10.1 Å². The summed E-state index contributed by atoms with van der Waals surface area (Å²) in [6.07, 6.45) is 0. The third-order valence-electron chi connectivity index (χ3n) is 3.14. The maximum Gasteiger partial charge on any atom is 0.191 e. The molecular formula is C17H15N3S2. The highest BCUT2D eigenvalue weighted by atomic mass is 32.1. The van der Waals surface area contributed by atoms with E-state index in [0.717, 1.165) is 16.3 Å². The van der Waals surface area contributed by atoms with E-state index in [4.69, 9.17) is 12.2 Å². The fourth-order valence-corrected chi connectivity index (χ4v) is 3.20. The number of benzene rings is 2. The summed E-state index contributed by atoms with van der Waals surface area (Å²) in [5.41, 5.74) is 4.74. The van der Waals surface area contributed by atoms with Crippen LogP contribution in [0.2, 0.25) is 0 Å². The maximum atomic E-state index is 5.24. The van der Waals surface area contributed by atoms with Gasteiger partial charge in [0.2, 0.25) is 0 Å². The molecule has 1 aromatic heterocycles. The highest BCUT2D eigenvalue weighted by Gasteiger charge is 2.04. The summed E-state index contributed by atoms with van der Waals surface area (Å²) in [7, 11) is 0. The SMILES string of the molecule is C/C(=N\NC(=S)Nc1ccccc1)c1cc2ccccc2s1. The van der Waals surface area contributed by atoms with E-state index in [0.29, 0.717) is 5.11 Å². The van der Waals surface area contributed by atoms with Crippen molar-refractivity contribution in [2.45, 2.75) is 6.92 Å². The van der Waals surface area contributed by atoms with Gasteiger partial charge in [-0.05, 0) is 48.8 Å². The lowest BCUT2D eigenvalue weighted by Gasteiger charge is -2.07. The van der Waals surface area contributed by atoms with Crippen LogP contribution in [0.25, 0.3) is 10.1 Å². The van der Waals surface area contributed by atoms with E-state index in [9.17, 15) is 0 Å². The quantitative estimate of drug-likeness (QED) is 0.419. The van der Waals surface area contributed by atoms with E-state index >= 15 is 0 Å². The third kappa shape index (κ3) is 3.50. The van der Waals surface area contributed by atoms with Crippen molar-refractivity contribution in [3.63, 3.8) is 0 Å². The van der Waals surface area contributed by atoms with Crippen molar-refractivity contribution in [2.24, 2.45) is 5.10 Å². The van der Waals surface area contributed by atoms with Gasteiger partial charge in [0.25, 0.3) is 0 Å². The molecule has 0 atom stereocenters. The van der Waals surface area contributed by atoms with E-state index < -0.39 is 0 Å². The minimum absolute atomic E-state index is 0.478. The molecule has 3 aromatic rings. The molecule has 0 aliphatic carbocycles. The van der Waals surface area contributed by atoms with E-state index in [1.54, 1.807) is 11.3 Å². The molecule has 0 unspecified atom stereocenters. The zero-order valence-corrected chi connectivity index (χ0v) is 13.7. The van der Waals surface area contributed by atoms with Crippen LogP contribution < -0.4 is 10.7 Å². The molecule has 0 spiro atoms. The molecule has 0 aliphatic rings. The molecule has 0 radical (unpaired) electrons. The first-order valence-corrected chi connectivity index (χ1v) is 8.10. The lowest BCUT2D eigenvalue weighted by atomic mass is 10.2.